The summed E-state index contributed by atoms with van der Waals surface area (Å²) in [5, 5.41) is 13.2. The van der Waals surface area contributed by atoms with Gasteiger partial charge >= 0.3 is 12.1 Å². The maximum atomic E-state index is 13.3. The number of halogens is 3. The van der Waals surface area contributed by atoms with Gasteiger partial charge in [0.05, 0.1) is 25.9 Å². The Kier molecular flexibility index (Phi) is 6.71. The Morgan fingerprint density at radius 1 is 1.22 bits per heavy atom. The van der Waals surface area contributed by atoms with Gasteiger partial charge in [0.2, 0.25) is 11.8 Å². The van der Waals surface area contributed by atoms with E-state index in [-0.39, 0.29) is 28.8 Å². The van der Waals surface area contributed by atoms with E-state index in [0.717, 1.165) is 11.1 Å². The molecule has 4 rings (SSSR count). The van der Waals surface area contributed by atoms with Crippen molar-refractivity contribution in [2.24, 2.45) is 0 Å². The number of nitriles is 1. The number of aromatic nitrogens is 3. The third-order valence-electron chi connectivity index (χ3n) is 5.06. The maximum Gasteiger partial charge on any atom is 0.409 e. The molecule has 0 radical (unpaired) electrons. The number of pyridine rings is 1. The van der Waals surface area contributed by atoms with Crippen LogP contribution in [0.1, 0.15) is 15.9 Å². The summed E-state index contributed by atoms with van der Waals surface area (Å²) in [6.45, 7) is 0. The quantitative estimate of drug-likeness (QED) is 0.487. The number of hydrazine groups is 1. The summed E-state index contributed by atoms with van der Waals surface area (Å²) in [6.07, 6.45) is 0.360. The molecule has 1 atom stereocenters. The van der Waals surface area contributed by atoms with Gasteiger partial charge in [-0.25, -0.2) is 20.2 Å². The summed E-state index contributed by atoms with van der Waals surface area (Å²) in [4.78, 5) is 25.0. The van der Waals surface area contributed by atoms with E-state index in [1.54, 1.807) is 24.3 Å². The molecule has 1 aliphatic rings. The van der Waals surface area contributed by atoms with Crippen LogP contribution in [0.4, 0.5) is 30.6 Å². The lowest BCUT2D eigenvalue weighted by Crippen LogP contribution is -2.44. The largest absolute Gasteiger partial charge is 0.480 e. The minimum atomic E-state index is -4.53. The van der Waals surface area contributed by atoms with Crippen molar-refractivity contribution in [2.75, 3.05) is 24.5 Å². The van der Waals surface area contributed by atoms with E-state index >= 15 is 0 Å². The van der Waals surface area contributed by atoms with Crippen molar-refractivity contribution < 1.29 is 27.4 Å². The smallest absolute Gasteiger partial charge is 0.409 e. The van der Waals surface area contributed by atoms with Crippen molar-refractivity contribution in [2.45, 2.75) is 12.2 Å². The fourth-order valence-electron chi connectivity index (χ4n) is 3.36. The number of alkyl halides is 3. The molecule has 3 aromatic rings. The van der Waals surface area contributed by atoms with Crippen LogP contribution in [0.15, 0.2) is 55.0 Å². The number of methoxy groups -OCH3 is 2. The molecule has 10 nitrogen and oxygen atoms in total. The second kappa shape index (κ2) is 9.88. The van der Waals surface area contributed by atoms with Crippen molar-refractivity contribution in [3.63, 3.8) is 0 Å². The molecule has 1 aromatic carbocycles. The lowest BCUT2D eigenvalue weighted by Gasteiger charge is -2.23. The van der Waals surface area contributed by atoms with E-state index in [1.165, 1.54) is 38.9 Å². The van der Waals surface area contributed by atoms with E-state index in [1.807, 2.05) is 6.07 Å². The number of rotatable bonds is 6. The first-order valence-electron chi connectivity index (χ1n) is 10.3. The predicted octanol–water partition coefficient (Wildman–Crippen LogP) is 3.72. The molecule has 0 saturated carbocycles. The van der Waals surface area contributed by atoms with Crippen molar-refractivity contribution in [1.82, 2.24) is 20.4 Å². The third kappa shape index (κ3) is 5.03. The Morgan fingerprint density at radius 2 is 2.03 bits per heavy atom. The first-order valence-corrected chi connectivity index (χ1v) is 10.3. The fraction of sp³-hybridized carbons (Fsp3) is 0.174. The van der Waals surface area contributed by atoms with Gasteiger partial charge in [-0.2, -0.15) is 23.4 Å². The lowest BCUT2D eigenvalue weighted by atomic mass is 10.1. The molecular weight excluding hydrogens is 479 g/mol. The van der Waals surface area contributed by atoms with Gasteiger partial charge in [0.25, 0.3) is 0 Å². The molecule has 0 bridgehead atoms. The van der Waals surface area contributed by atoms with Crippen LogP contribution in [0.2, 0.25) is 0 Å². The molecule has 13 heteroatoms. The molecule has 0 aliphatic carbocycles. The second-order valence-corrected chi connectivity index (χ2v) is 7.38. The monoisotopic (exact) mass is 497 g/mol. The third-order valence-corrected chi connectivity index (χ3v) is 5.06. The van der Waals surface area contributed by atoms with Crippen LogP contribution < -0.4 is 20.5 Å². The van der Waals surface area contributed by atoms with Crippen molar-refractivity contribution in [3.8, 4) is 23.1 Å². The number of hydrogen-bond donors (Lipinski definition) is 2. The highest BCUT2D eigenvalue weighted by atomic mass is 19.4. The average molecular weight is 497 g/mol. The zero-order valence-corrected chi connectivity index (χ0v) is 18.9. The molecular formula is C23H18F3N7O3. The molecule has 0 saturated heterocycles. The Hall–Kier alpha value is -4.70. The van der Waals surface area contributed by atoms with Gasteiger partial charge in [-0.1, -0.05) is 6.07 Å². The van der Waals surface area contributed by atoms with E-state index in [0.29, 0.717) is 16.8 Å². The number of hydrogen-bond acceptors (Lipinski definition) is 10. The van der Waals surface area contributed by atoms with Gasteiger partial charge in [0, 0.05) is 35.4 Å². The topological polar surface area (TPSA) is 125 Å². The Balaban J connectivity index is 1.78. The molecule has 1 unspecified atom stereocenters. The van der Waals surface area contributed by atoms with Gasteiger partial charge < -0.3 is 14.8 Å². The molecule has 184 valence electrons. The van der Waals surface area contributed by atoms with Gasteiger partial charge in [0.15, 0.2) is 5.82 Å². The van der Waals surface area contributed by atoms with Crippen LogP contribution in [0.5, 0.6) is 5.88 Å². The number of esters is 1. The van der Waals surface area contributed by atoms with Crippen LogP contribution in [0, 0.1) is 11.3 Å². The summed E-state index contributed by atoms with van der Waals surface area (Å²) in [7, 11) is 2.53. The minimum Gasteiger partial charge on any atom is -0.480 e. The van der Waals surface area contributed by atoms with Crippen LogP contribution in [-0.2, 0) is 4.74 Å². The maximum absolute atomic E-state index is 13.3. The van der Waals surface area contributed by atoms with E-state index in [2.05, 4.69) is 25.7 Å². The molecule has 0 spiro atoms. The van der Waals surface area contributed by atoms with Crippen molar-refractivity contribution in [1.29, 1.82) is 5.26 Å². The molecule has 0 fully saturated rings. The number of nitrogens with one attached hydrogen (secondary N) is 2. The van der Waals surface area contributed by atoms with Crippen LogP contribution in [-0.4, -0.2) is 47.4 Å². The van der Waals surface area contributed by atoms with Gasteiger partial charge in [-0.3, -0.25) is 5.01 Å². The van der Waals surface area contributed by atoms with Gasteiger partial charge in [0.1, 0.15) is 11.6 Å². The molecule has 2 aromatic heterocycles. The summed E-state index contributed by atoms with van der Waals surface area (Å²) >= 11 is 0. The summed E-state index contributed by atoms with van der Waals surface area (Å²) in [5.41, 5.74) is 3.85. The molecule has 3 heterocycles. The van der Waals surface area contributed by atoms with E-state index < -0.39 is 18.2 Å². The Labute approximate surface area is 203 Å². The minimum absolute atomic E-state index is 0.0112. The summed E-state index contributed by atoms with van der Waals surface area (Å²) in [5.74, 6) is -0.588. The number of carbonyl (C=O) groups excluding carboxylic acids is 1. The van der Waals surface area contributed by atoms with E-state index in [4.69, 9.17) is 14.7 Å². The highest BCUT2D eigenvalue weighted by Crippen LogP contribution is 2.34. The van der Waals surface area contributed by atoms with Gasteiger partial charge in [-0.05, 0) is 30.3 Å². The molecule has 36 heavy (non-hydrogen) atoms. The van der Waals surface area contributed by atoms with Gasteiger partial charge in [-0.15, -0.1) is 0 Å². The van der Waals surface area contributed by atoms with E-state index in [9.17, 15) is 18.0 Å². The first-order chi connectivity index (χ1) is 17.2. The highest BCUT2D eigenvalue weighted by Gasteiger charge is 2.41. The summed E-state index contributed by atoms with van der Waals surface area (Å²) < 4.78 is 49.7. The Morgan fingerprint density at radius 3 is 2.69 bits per heavy atom. The SMILES string of the molecule is COC(=O)c1cc(-c2cnc(Nc3cccc(C#N)c3)nc2N2C=CC(C(F)(F)F)N2)cnc1OC. The van der Waals surface area contributed by atoms with Crippen LogP contribution >= 0.6 is 0 Å². The zero-order valence-electron chi connectivity index (χ0n) is 18.9. The Bertz CT molecular complexity index is 1370. The number of carbonyl (C=O) groups is 1. The second-order valence-electron chi connectivity index (χ2n) is 7.38. The van der Waals surface area contributed by atoms with Crippen LogP contribution in [0.25, 0.3) is 11.1 Å². The number of anilines is 3. The number of ether oxygens (including phenoxy) is 2. The standard InChI is InChI=1S/C23H18F3N7O3/c1-35-20-16(21(34)36-2)9-14(11-28-20)17-12-29-22(30-15-5-3-4-13(8-15)10-27)31-19(17)33-7-6-18(32-33)23(24,25)26/h3-9,11-12,18,32H,1-2H3,(H,29,30,31). The summed E-state index contributed by atoms with van der Waals surface area (Å²) in [6, 6.07) is 8.04. The lowest BCUT2D eigenvalue weighted by molar-refractivity contribution is -0.142. The van der Waals surface area contributed by atoms with Crippen molar-refractivity contribution in [3.05, 3.63) is 66.1 Å². The first kappa shape index (κ1) is 24.4. The molecule has 0 amide bonds. The van der Waals surface area contributed by atoms with Crippen molar-refractivity contribution >= 4 is 23.4 Å². The number of benzene rings is 1. The molecule has 2 N–H and O–H groups in total. The number of nitrogens with zero attached hydrogens (tertiary/aromatic N) is 5. The van der Waals surface area contributed by atoms with Crippen LogP contribution in [0.3, 0.4) is 0 Å². The predicted molar refractivity (Wildman–Crippen MR) is 122 cm³/mol. The zero-order chi connectivity index (χ0) is 25.9. The fourth-order valence-corrected chi connectivity index (χ4v) is 3.36. The highest BCUT2D eigenvalue weighted by molar-refractivity contribution is 5.94. The average Bonchev–Trinajstić information content (AvgIpc) is 3.39. The molecule has 1 aliphatic heterocycles. The normalized spacial score (nSPS) is 14.9.